The third-order valence-corrected chi connectivity index (χ3v) is 2.77. The van der Waals surface area contributed by atoms with Crippen LogP contribution in [0.15, 0.2) is 24.3 Å². The Morgan fingerprint density at radius 3 is 2.43 bits per heavy atom. The Balaban J connectivity index is 2.68. The number of hydrogen-bond acceptors (Lipinski definition) is 2. The molecular formula is C13H15F3N2O3. The van der Waals surface area contributed by atoms with Crippen molar-refractivity contribution >= 4 is 12.0 Å². The maximum absolute atomic E-state index is 12.7. The average molecular weight is 304 g/mol. The molecule has 0 aliphatic rings. The van der Waals surface area contributed by atoms with Crippen LogP contribution in [0, 0.1) is 0 Å². The number of alkyl halides is 3. The van der Waals surface area contributed by atoms with E-state index in [9.17, 15) is 22.8 Å². The fourth-order valence-corrected chi connectivity index (χ4v) is 1.67. The van der Waals surface area contributed by atoms with Gasteiger partial charge < -0.3 is 15.7 Å². The van der Waals surface area contributed by atoms with E-state index < -0.39 is 29.8 Å². The Kier molecular flexibility index (Phi) is 5.57. The first-order chi connectivity index (χ1) is 9.75. The van der Waals surface area contributed by atoms with Crippen LogP contribution >= 0.6 is 0 Å². The lowest BCUT2D eigenvalue weighted by Gasteiger charge is -2.15. The molecule has 0 saturated heterocycles. The predicted molar refractivity (Wildman–Crippen MR) is 68.5 cm³/mol. The zero-order chi connectivity index (χ0) is 16.0. The van der Waals surface area contributed by atoms with Gasteiger partial charge in [-0.1, -0.05) is 25.1 Å². The monoisotopic (exact) mass is 304 g/mol. The van der Waals surface area contributed by atoms with E-state index in [-0.39, 0.29) is 18.5 Å². The van der Waals surface area contributed by atoms with Crippen LogP contribution in [0.5, 0.6) is 0 Å². The second-order valence-corrected chi connectivity index (χ2v) is 4.28. The zero-order valence-electron chi connectivity index (χ0n) is 11.2. The summed E-state index contributed by atoms with van der Waals surface area (Å²) in [5.74, 6) is -1.21. The van der Waals surface area contributed by atoms with Crippen molar-refractivity contribution in [2.75, 3.05) is 0 Å². The molecule has 8 heteroatoms. The van der Waals surface area contributed by atoms with Crippen LogP contribution in [0.3, 0.4) is 0 Å². The highest BCUT2D eigenvalue weighted by Crippen LogP contribution is 2.31. The van der Waals surface area contributed by atoms with Gasteiger partial charge in [0.2, 0.25) is 0 Å². The van der Waals surface area contributed by atoms with Crippen LogP contribution in [0.1, 0.15) is 24.5 Å². The van der Waals surface area contributed by atoms with Gasteiger partial charge in [0.15, 0.2) is 0 Å². The lowest BCUT2D eigenvalue weighted by atomic mass is 10.1. The third-order valence-electron chi connectivity index (χ3n) is 2.77. The van der Waals surface area contributed by atoms with Crippen LogP contribution in [0.2, 0.25) is 0 Å². The number of nitrogens with one attached hydrogen (secondary N) is 2. The number of halogens is 3. The number of carboxylic acids is 1. The molecule has 0 radical (unpaired) electrons. The molecule has 0 aromatic heterocycles. The highest BCUT2D eigenvalue weighted by Gasteiger charge is 2.32. The Bertz CT molecular complexity index is 518. The molecule has 116 valence electrons. The molecule has 0 bridgehead atoms. The molecule has 2 amide bonds. The van der Waals surface area contributed by atoms with Gasteiger partial charge in [-0.15, -0.1) is 0 Å². The van der Waals surface area contributed by atoms with Crippen molar-refractivity contribution in [3.63, 3.8) is 0 Å². The summed E-state index contributed by atoms with van der Waals surface area (Å²) in [6.45, 7) is 1.22. The molecule has 1 rings (SSSR count). The van der Waals surface area contributed by atoms with E-state index in [1.165, 1.54) is 18.2 Å². The normalized spacial score (nSPS) is 12.6. The minimum Gasteiger partial charge on any atom is -0.480 e. The molecule has 3 N–H and O–H groups in total. The van der Waals surface area contributed by atoms with Crippen LogP contribution in [0.4, 0.5) is 18.0 Å². The van der Waals surface area contributed by atoms with Gasteiger partial charge in [-0.2, -0.15) is 13.2 Å². The number of aliphatic carboxylic acids is 1. The number of hydrogen-bond donors (Lipinski definition) is 3. The van der Waals surface area contributed by atoms with E-state index in [4.69, 9.17) is 5.11 Å². The van der Waals surface area contributed by atoms with Crippen LogP contribution in [-0.4, -0.2) is 23.1 Å². The van der Waals surface area contributed by atoms with Gasteiger partial charge in [0.05, 0.1) is 5.56 Å². The van der Waals surface area contributed by atoms with E-state index in [1.807, 2.05) is 0 Å². The summed E-state index contributed by atoms with van der Waals surface area (Å²) < 4.78 is 38.2. The second-order valence-electron chi connectivity index (χ2n) is 4.28. The van der Waals surface area contributed by atoms with Crippen molar-refractivity contribution in [1.82, 2.24) is 10.6 Å². The van der Waals surface area contributed by atoms with Gasteiger partial charge in [0, 0.05) is 6.54 Å². The second kappa shape index (κ2) is 6.96. The summed E-state index contributed by atoms with van der Waals surface area (Å²) in [6, 6.07) is 2.93. The number of rotatable bonds is 5. The summed E-state index contributed by atoms with van der Waals surface area (Å²) in [5.41, 5.74) is -0.931. The first kappa shape index (κ1) is 16.8. The molecule has 5 nitrogen and oxygen atoms in total. The van der Waals surface area contributed by atoms with Crippen molar-refractivity contribution < 1.29 is 27.9 Å². The summed E-state index contributed by atoms with van der Waals surface area (Å²) in [4.78, 5) is 22.2. The Morgan fingerprint density at radius 2 is 1.90 bits per heavy atom. The fraction of sp³-hybridized carbons (Fsp3) is 0.385. The standard InChI is InChI=1S/C13H15F3N2O3/c1-2-10(11(19)20)18-12(21)17-7-8-5-3-4-6-9(8)13(14,15)16/h3-6,10H,2,7H2,1H3,(H,19,20)(H2,17,18,21). The van der Waals surface area contributed by atoms with Crippen LogP contribution < -0.4 is 10.6 Å². The van der Waals surface area contributed by atoms with E-state index in [0.717, 1.165) is 6.07 Å². The Morgan fingerprint density at radius 1 is 1.29 bits per heavy atom. The summed E-state index contributed by atoms with van der Waals surface area (Å²) >= 11 is 0. The summed E-state index contributed by atoms with van der Waals surface area (Å²) in [5, 5.41) is 13.1. The van der Waals surface area contributed by atoms with Gasteiger partial charge >= 0.3 is 18.2 Å². The van der Waals surface area contributed by atoms with Crippen molar-refractivity contribution in [1.29, 1.82) is 0 Å². The largest absolute Gasteiger partial charge is 0.480 e. The maximum atomic E-state index is 12.7. The maximum Gasteiger partial charge on any atom is 0.416 e. The van der Waals surface area contributed by atoms with Gasteiger partial charge in [0.25, 0.3) is 0 Å². The lowest BCUT2D eigenvalue weighted by Crippen LogP contribution is -2.45. The van der Waals surface area contributed by atoms with Gasteiger partial charge in [-0.05, 0) is 18.1 Å². The smallest absolute Gasteiger partial charge is 0.416 e. The Hall–Kier alpha value is -2.25. The number of carbonyl (C=O) groups excluding carboxylic acids is 1. The van der Waals surface area contributed by atoms with E-state index >= 15 is 0 Å². The van der Waals surface area contributed by atoms with E-state index in [0.29, 0.717) is 0 Å². The van der Waals surface area contributed by atoms with Crippen molar-refractivity contribution in [2.24, 2.45) is 0 Å². The minimum atomic E-state index is -4.51. The van der Waals surface area contributed by atoms with Gasteiger partial charge in [-0.25, -0.2) is 9.59 Å². The summed E-state index contributed by atoms with van der Waals surface area (Å²) in [7, 11) is 0. The molecule has 1 unspecified atom stereocenters. The number of urea groups is 1. The molecule has 0 heterocycles. The molecule has 0 fully saturated rings. The van der Waals surface area contributed by atoms with Gasteiger partial charge in [-0.3, -0.25) is 0 Å². The number of carboxylic acid groups (broad SMARTS) is 1. The van der Waals surface area contributed by atoms with E-state index in [1.54, 1.807) is 6.92 Å². The van der Waals surface area contributed by atoms with E-state index in [2.05, 4.69) is 10.6 Å². The average Bonchev–Trinajstić information content (AvgIpc) is 2.41. The first-order valence-corrected chi connectivity index (χ1v) is 6.18. The molecule has 0 saturated carbocycles. The quantitative estimate of drug-likeness (QED) is 0.781. The highest BCUT2D eigenvalue weighted by molar-refractivity contribution is 5.82. The topological polar surface area (TPSA) is 78.4 Å². The van der Waals surface area contributed by atoms with Crippen LogP contribution in [0.25, 0.3) is 0 Å². The molecule has 0 spiro atoms. The molecule has 1 aromatic carbocycles. The molecule has 1 aromatic rings. The summed E-state index contributed by atoms with van der Waals surface area (Å²) in [6.07, 6.45) is -4.34. The first-order valence-electron chi connectivity index (χ1n) is 6.18. The molecule has 21 heavy (non-hydrogen) atoms. The zero-order valence-corrected chi connectivity index (χ0v) is 11.2. The van der Waals surface area contributed by atoms with Gasteiger partial charge in [0.1, 0.15) is 6.04 Å². The number of benzene rings is 1. The molecule has 0 aliphatic carbocycles. The minimum absolute atomic E-state index is 0.0940. The van der Waals surface area contributed by atoms with Crippen molar-refractivity contribution in [3.8, 4) is 0 Å². The van der Waals surface area contributed by atoms with Crippen molar-refractivity contribution in [3.05, 3.63) is 35.4 Å². The Labute approximate surface area is 119 Å². The fourth-order valence-electron chi connectivity index (χ4n) is 1.67. The van der Waals surface area contributed by atoms with Crippen molar-refractivity contribution in [2.45, 2.75) is 32.1 Å². The SMILES string of the molecule is CCC(NC(=O)NCc1ccccc1C(F)(F)F)C(=O)O. The lowest BCUT2D eigenvalue weighted by molar-refractivity contribution is -0.139. The number of amides is 2. The highest BCUT2D eigenvalue weighted by atomic mass is 19.4. The predicted octanol–water partition coefficient (Wildman–Crippen LogP) is 2.37. The molecule has 1 atom stereocenters. The number of carbonyl (C=O) groups is 2. The third kappa shape index (κ3) is 4.97. The molecule has 0 aliphatic heterocycles. The van der Waals surface area contributed by atoms with Crippen LogP contribution in [-0.2, 0) is 17.5 Å². The molecular weight excluding hydrogens is 289 g/mol.